The SMILES string of the molecule is O=CC(=O)C1Cc2cccc(-c3ccc(C(F)(F)F)cc3)c2N1. The lowest BCUT2D eigenvalue weighted by molar-refractivity contribution is -0.137. The van der Waals surface area contributed by atoms with Gasteiger partial charge in [0.25, 0.3) is 0 Å². The highest BCUT2D eigenvalue weighted by atomic mass is 19.4. The Labute approximate surface area is 130 Å². The van der Waals surface area contributed by atoms with Crippen molar-refractivity contribution < 1.29 is 22.8 Å². The number of ketones is 1. The molecule has 2 aromatic carbocycles. The van der Waals surface area contributed by atoms with Gasteiger partial charge in [-0.1, -0.05) is 30.3 Å². The van der Waals surface area contributed by atoms with E-state index in [4.69, 9.17) is 0 Å². The molecule has 6 heteroatoms. The van der Waals surface area contributed by atoms with Crippen LogP contribution in [-0.2, 0) is 22.2 Å². The number of Topliss-reactive ketones (excluding diaryl/α,β-unsaturated/α-hetero) is 1. The maximum Gasteiger partial charge on any atom is 0.416 e. The van der Waals surface area contributed by atoms with Gasteiger partial charge in [0.2, 0.25) is 5.78 Å². The highest BCUT2D eigenvalue weighted by Gasteiger charge is 2.31. The van der Waals surface area contributed by atoms with E-state index in [1.165, 1.54) is 12.1 Å². The van der Waals surface area contributed by atoms with Crippen LogP contribution in [0.25, 0.3) is 11.1 Å². The van der Waals surface area contributed by atoms with Crippen LogP contribution in [0.2, 0.25) is 0 Å². The summed E-state index contributed by atoms with van der Waals surface area (Å²) in [5, 5.41) is 2.99. The third kappa shape index (κ3) is 2.84. The molecule has 0 amide bonds. The molecule has 118 valence electrons. The van der Waals surface area contributed by atoms with Gasteiger partial charge in [-0.3, -0.25) is 9.59 Å². The first-order chi connectivity index (χ1) is 10.9. The number of benzene rings is 2. The summed E-state index contributed by atoms with van der Waals surface area (Å²) in [5.74, 6) is -0.542. The number of halogens is 3. The molecule has 0 spiro atoms. The van der Waals surface area contributed by atoms with Crippen molar-refractivity contribution in [3.8, 4) is 11.1 Å². The van der Waals surface area contributed by atoms with E-state index in [0.717, 1.165) is 17.7 Å². The molecule has 1 aliphatic rings. The molecule has 3 nitrogen and oxygen atoms in total. The standard InChI is InChI=1S/C17H12F3NO2/c18-17(19,20)12-6-4-10(5-7-12)13-3-1-2-11-8-14(15(23)9-22)21-16(11)13/h1-7,9,14,21H,8H2. The van der Waals surface area contributed by atoms with E-state index in [2.05, 4.69) is 5.32 Å². The third-order valence-corrected chi connectivity index (χ3v) is 3.88. The van der Waals surface area contributed by atoms with E-state index >= 15 is 0 Å². The molecule has 0 aliphatic carbocycles. The van der Waals surface area contributed by atoms with Gasteiger partial charge in [-0.15, -0.1) is 0 Å². The zero-order valence-corrected chi connectivity index (χ0v) is 11.9. The minimum Gasteiger partial charge on any atom is -0.374 e. The van der Waals surface area contributed by atoms with Gasteiger partial charge in [0.05, 0.1) is 11.6 Å². The Morgan fingerprint density at radius 2 is 1.83 bits per heavy atom. The van der Waals surface area contributed by atoms with Gasteiger partial charge in [-0.25, -0.2) is 0 Å². The molecular weight excluding hydrogens is 307 g/mol. The van der Waals surface area contributed by atoms with Gasteiger partial charge >= 0.3 is 6.18 Å². The van der Waals surface area contributed by atoms with Gasteiger partial charge < -0.3 is 5.32 Å². The Bertz CT molecular complexity index is 766. The van der Waals surface area contributed by atoms with E-state index in [0.29, 0.717) is 23.2 Å². The summed E-state index contributed by atoms with van der Waals surface area (Å²) in [6.07, 6.45) is -3.71. The number of carbonyl (C=O) groups is 2. The average molecular weight is 319 g/mol. The lowest BCUT2D eigenvalue weighted by Crippen LogP contribution is -2.27. The number of alkyl halides is 3. The minimum atomic E-state index is -4.38. The molecule has 1 unspecified atom stereocenters. The van der Waals surface area contributed by atoms with E-state index in [9.17, 15) is 22.8 Å². The van der Waals surface area contributed by atoms with E-state index in [-0.39, 0.29) is 6.29 Å². The van der Waals surface area contributed by atoms with Crippen molar-refractivity contribution in [3.05, 3.63) is 53.6 Å². The Morgan fingerprint density at radius 1 is 1.13 bits per heavy atom. The van der Waals surface area contributed by atoms with E-state index in [1.54, 1.807) is 12.1 Å². The molecule has 3 rings (SSSR count). The van der Waals surface area contributed by atoms with Crippen molar-refractivity contribution in [2.45, 2.75) is 18.6 Å². The molecule has 23 heavy (non-hydrogen) atoms. The number of hydrogen-bond acceptors (Lipinski definition) is 3. The van der Waals surface area contributed by atoms with Crippen molar-refractivity contribution >= 4 is 17.8 Å². The highest BCUT2D eigenvalue weighted by molar-refractivity contribution is 6.28. The second-order valence-electron chi connectivity index (χ2n) is 5.34. The first-order valence-electron chi connectivity index (χ1n) is 6.95. The Morgan fingerprint density at radius 3 is 2.43 bits per heavy atom. The second kappa shape index (κ2) is 5.53. The molecule has 0 bridgehead atoms. The summed E-state index contributed by atoms with van der Waals surface area (Å²) in [7, 11) is 0. The molecule has 0 radical (unpaired) electrons. The second-order valence-corrected chi connectivity index (χ2v) is 5.34. The fourth-order valence-electron chi connectivity index (χ4n) is 2.72. The summed E-state index contributed by atoms with van der Waals surface area (Å²) < 4.78 is 37.9. The van der Waals surface area contributed by atoms with Crippen LogP contribution >= 0.6 is 0 Å². The first kappa shape index (κ1) is 15.3. The Hall–Kier alpha value is -2.63. The molecule has 0 saturated heterocycles. The van der Waals surface area contributed by atoms with Gasteiger partial charge in [0.1, 0.15) is 0 Å². The van der Waals surface area contributed by atoms with Gasteiger partial charge in [0.15, 0.2) is 6.29 Å². The summed E-state index contributed by atoms with van der Waals surface area (Å²) in [4.78, 5) is 22.2. The Kier molecular flexibility index (Phi) is 3.67. The quantitative estimate of drug-likeness (QED) is 0.696. The lowest BCUT2D eigenvalue weighted by atomic mass is 9.99. The van der Waals surface area contributed by atoms with Crippen LogP contribution < -0.4 is 5.32 Å². The van der Waals surface area contributed by atoms with Crippen molar-refractivity contribution in [1.29, 1.82) is 0 Å². The lowest BCUT2D eigenvalue weighted by Gasteiger charge is -2.12. The smallest absolute Gasteiger partial charge is 0.374 e. The topological polar surface area (TPSA) is 46.2 Å². The first-order valence-corrected chi connectivity index (χ1v) is 6.95. The van der Waals surface area contributed by atoms with Crippen LogP contribution in [0.15, 0.2) is 42.5 Å². The largest absolute Gasteiger partial charge is 0.416 e. The molecule has 2 aromatic rings. The predicted molar refractivity (Wildman–Crippen MR) is 79.1 cm³/mol. The molecule has 1 aliphatic heterocycles. The van der Waals surface area contributed by atoms with Crippen molar-refractivity contribution in [2.24, 2.45) is 0 Å². The molecule has 0 aromatic heterocycles. The van der Waals surface area contributed by atoms with Crippen molar-refractivity contribution in [2.75, 3.05) is 5.32 Å². The summed E-state index contributed by atoms with van der Waals surface area (Å²) in [5.41, 5.74) is 2.16. The maximum atomic E-state index is 12.6. The highest BCUT2D eigenvalue weighted by Crippen LogP contribution is 2.37. The summed E-state index contributed by atoms with van der Waals surface area (Å²) in [6.45, 7) is 0. The van der Waals surface area contributed by atoms with E-state index in [1.807, 2.05) is 6.07 Å². The fourth-order valence-corrected chi connectivity index (χ4v) is 2.72. The zero-order valence-electron chi connectivity index (χ0n) is 11.9. The summed E-state index contributed by atoms with van der Waals surface area (Å²) >= 11 is 0. The number of nitrogens with one attached hydrogen (secondary N) is 1. The van der Waals surface area contributed by atoms with Gasteiger partial charge in [-0.2, -0.15) is 13.2 Å². The minimum absolute atomic E-state index is 0.279. The number of rotatable bonds is 3. The number of hydrogen-bond donors (Lipinski definition) is 1. The van der Waals surface area contributed by atoms with Crippen LogP contribution in [-0.4, -0.2) is 18.1 Å². The number of carbonyl (C=O) groups excluding carboxylic acids is 2. The van der Waals surface area contributed by atoms with Gasteiger partial charge in [-0.05, 0) is 23.3 Å². The van der Waals surface area contributed by atoms with Crippen LogP contribution in [0.1, 0.15) is 11.1 Å². The number of aldehydes is 1. The van der Waals surface area contributed by atoms with Gasteiger partial charge in [0, 0.05) is 17.7 Å². The summed E-state index contributed by atoms with van der Waals surface area (Å²) in [6, 6.07) is 9.61. The molecule has 1 N–H and O–H groups in total. The monoisotopic (exact) mass is 319 g/mol. The predicted octanol–water partition coefficient (Wildman–Crippen LogP) is 3.48. The molecule has 0 fully saturated rings. The molecule has 1 heterocycles. The number of para-hydroxylation sites is 1. The maximum absolute atomic E-state index is 12.6. The van der Waals surface area contributed by atoms with Crippen LogP contribution in [0.3, 0.4) is 0 Å². The number of fused-ring (bicyclic) bond motifs is 1. The molecule has 0 saturated carbocycles. The third-order valence-electron chi connectivity index (χ3n) is 3.88. The van der Waals surface area contributed by atoms with Crippen LogP contribution in [0.4, 0.5) is 18.9 Å². The molecular formula is C17H12F3NO2. The zero-order chi connectivity index (χ0) is 16.6. The van der Waals surface area contributed by atoms with Crippen LogP contribution in [0, 0.1) is 0 Å². The molecule has 1 atom stereocenters. The Balaban J connectivity index is 1.96. The fraction of sp³-hybridized carbons (Fsp3) is 0.176. The number of anilines is 1. The van der Waals surface area contributed by atoms with E-state index < -0.39 is 23.6 Å². The van der Waals surface area contributed by atoms with Crippen molar-refractivity contribution in [3.63, 3.8) is 0 Å². The average Bonchev–Trinajstić information content (AvgIpc) is 2.97. The van der Waals surface area contributed by atoms with Crippen LogP contribution in [0.5, 0.6) is 0 Å². The van der Waals surface area contributed by atoms with Crippen molar-refractivity contribution in [1.82, 2.24) is 0 Å². The normalized spacial score (nSPS) is 16.6.